The SMILES string of the molecule is CCCc1nc(C)c2cnn(C/C=C/C(=O)OCC)c(=O)n12. The molecule has 0 bridgehead atoms. The van der Waals surface area contributed by atoms with Crippen LogP contribution in [0.25, 0.3) is 5.52 Å². The van der Waals surface area contributed by atoms with Crippen molar-refractivity contribution in [3.8, 4) is 0 Å². The highest BCUT2D eigenvalue weighted by molar-refractivity contribution is 5.81. The standard InChI is InChI=1S/C15H20N4O3/c1-4-7-13-17-11(3)12-10-16-18(15(21)19(12)13)9-6-8-14(20)22-5-2/h6,8,10H,4-5,7,9H2,1-3H3/b8-6+. The van der Waals surface area contributed by atoms with Gasteiger partial charge in [0, 0.05) is 12.5 Å². The van der Waals surface area contributed by atoms with Crippen molar-refractivity contribution in [2.75, 3.05) is 6.61 Å². The lowest BCUT2D eigenvalue weighted by molar-refractivity contribution is -0.137. The molecule has 0 fully saturated rings. The molecule has 0 amide bonds. The van der Waals surface area contributed by atoms with Gasteiger partial charge in [0.15, 0.2) is 0 Å². The molecule has 0 saturated carbocycles. The Morgan fingerprint density at radius 1 is 1.41 bits per heavy atom. The van der Waals surface area contributed by atoms with Gasteiger partial charge in [-0.15, -0.1) is 0 Å². The average Bonchev–Trinajstić information content (AvgIpc) is 2.79. The second-order valence-corrected chi connectivity index (χ2v) is 4.85. The van der Waals surface area contributed by atoms with Gasteiger partial charge in [-0.1, -0.05) is 13.0 Å². The predicted molar refractivity (Wildman–Crippen MR) is 81.8 cm³/mol. The van der Waals surface area contributed by atoms with Gasteiger partial charge in [-0.05, 0) is 20.3 Å². The molecule has 0 spiro atoms. The number of carbonyl (C=O) groups excluding carboxylic acids is 1. The largest absolute Gasteiger partial charge is 0.463 e. The zero-order valence-corrected chi connectivity index (χ0v) is 13.1. The highest BCUT2D eigenvalue weighted by Crippen LogP contribution is 2.09. The smallest absolute Gasteiger partial charge is 0.350 e. The maximum Gasteiger partial charge on any atom is 0.350 e. The minimum Gasteiger partial charge on any atom is -0.463 e. The number of esters is 1. The number of imidazole rings is 1. The molecule has 22 heavy (non-hydrogen) atoms. The highest BCUT2D eigenvalue weighted by Gasteiger charge is 2.12. The summed E-state index contributed by atoms with van der Waals surface area (Å²) < 4.78 is 7.67. The van der Waals surface area contributed by atoms with E-state index in [1.165, 1.54) is 10.8 Å². The Hall–Kier alpha value is -2.44. The maximum atomic E-state index is 12.5. The van der Waals surface area contributed by atoms with Crippen LogP contribution in [0.4, 0.5) is 0 Å². The molecule has 2 aromatic rings. The van der Waals surface area contributed by atoms with Gasteiger partial charge in [0.05, 0.1) is 30.6 Å². The van der Waals surface area contributed by atoms with Crippen LogP contribution in [-0.4, -0.2) is 31.7 Å². The topological polar surface area (TPSA) is 78.5 Å². The summed E-state index contributed by atoms with van der Waals surface area (Å²) in [5.41, 5.74) is 1.26. The quantitative estimate of drug-likeness (QED) is 0.593. The van der Waals surface area contributed by atoms with Crippen molar-refractivity contribution < 1.29 is 9.53 Å². The monoisotopic (exact) mass is 304 g/mol. The summed E-state index contributed by atoms with van der Waals surface area (Å²) in [6.07, 6.45) is 6.12. The number of hydrogen-bond donors (Lipinski definition) is 0. The molecule has 0 radical (unpaired) electrons. The third-order valence-corrected chi connectivity index (χ3v) is 3.19. The zero-order valence-electron chi connectivity index (χ0n) is 13.1. The first kappa shape index (κ1) is 15.9. The van der Waals surface area contributed by atoms with Crippen molar-refractivity contribution in [2.24, 2.45) is 0 Å². The van der Waals surface area contributed by atoms with E-state index >= 15 is 0 Å². The first-order valence-electron chi connectivity index (χ1n) is 7.35. The predicted octanol–water partition coefficient (Wildman–Crippen LogP) is 1.27. The number of ether oxygens (including phenoxy) is 1. The van der Waals surface area contributed by atoms with E-state index in [2.05, 4.69) is 10.1 Å². The van der Waals surface area contributed by atoms with Crippen molar-refractivity contribution in [1.82, 2.24) is 19.2 Å². The summed E-state index contributed by atoms with van der Waals surface area (Å²) in [6.45, 7) is 6.17. The summed E-state index contributed by atoms with van der Waals surface area (Å²) in [5.74, 6) is 0.312. The van der Waals surface area contributed by atoms with Crippen molar-refractivity contribution in [1.29, 1.82) is 0 Å². The Morgan fingerprint density at radius 3 is 2.86 bits per heavy atom. The molecule has 0 aliphatic heterocycles. The third-order valence-electron chi connectivity index (χ3n) is 3.19. The lowest BCUT2D eigenvalue weighted by Crippen LogP contribution is -2.29. The highest BCUT2D eigenvalue weighted by atomic mass is 16.5. The van der Waals surface area contributed by atoms with Crippen LogP contribution in [0.3, 0.4) is 0 Å². The van der Waals surface area contributed by atoms with Gasteiger partial charge in [-0.3, -0.25) is 0 Å². The zero-order chi connectivity index (χ0) is 16.1. The van der Waals surface area contributed by atoms with E-state index in [0.717, 1.165) is 29.9 Å². The average molecular weight is 304 g/mol. The molecular weight excluding hydrogens is 284 g/mol. The molecule has 0 unspecified atom stereocenters. The molecular formula is C15H20N4O3. The summed E-state index contributed by atoms with van der Waals surface area (Å²) in [6, 6.07) is 0. The molecule has 0 saturated heterocycles. The molecule has 0 atom stereocenters. The summed E-state index contributed by atoms with van der Waals surface area (Å²) in [5, 5.41) is 4.12. The van der Waals surface area contributed by atoms with E-state index in [0.29, 0.717) is 6.61 Å². The summed E-state index contributed by atoms with van der Waals surface area (Å²) in [7, 11) is 0. The van der Waals surface area contributed by atoms with Crippen LogP contribution >= 0.6 is 0 Å². The van der Waals surface area contributed by atoms with Gasteiger partial charge in [0.1, 0.15) is 5.82 Å². The molecule has 118 valence electrons. The van der Waals surface area contributed by atoms with Crippen LogP contribution in [0.5, 0.6) is 0 Å². The van der Waals surface area contributed by atoms with Gasteiger partial charge < -0.3 is 4.74 Å². The summed E-state index contributed by atoms with van der Waals surface area (Å²) in [4.78, 5) is 28.2. The van der Waals surface area contributed by atoms with Crippen molar-refractivity contribution in [3.63, 3.8) is 0 Å². The maximum absolute atomic E-state index is 12.5. The van der Waals surface area contributed by atoms with Crippen LogP contribution in [0.15, 0.2) is 23.1 Å². The Kier molecular flexibility index (Phi) is 5.08. The Bertz CT molecular complexity index is 758. The molecule has 2 rings (SSSR count). The first-order valence-corrected chi connectivity index (χ1v) is 7.35. The van der Waals surface area contributed by atoms with E-state index in [-0.39, 0.29) is 12.2 Å². The van der Waals surface area contributed by atoms with Gasteiger partial charge in [0.2, 0.25) is 0 Å². The Balaban J connectivity index is 2.32. The Labute approximate surface area is 128 Å². The first-order chi connectivity index (χ1) is 10.6. The lowest BCUT2D eigenvalue weighted by Gasteiger charge is -2.04. The number of fused-ring (bicyclic) bond motifs is 1. The third kappa shape index (κ3) is 3.24. The van der Waals surface area contributed by atoms with Crippen LogP contribution in [0.2, 0.25) is 0 Å². The van der Waals surface area contributed by atoms with Crippen molar-refractivity contribution >= 4 is 11.5 Å². The van der Waals surface area contributed by atoms with Crippen LogP contribution in [0.1, 0.15) is 31.8 Å². The van der Waals surface area contributed by atoms with Gasteiger partial charge in [-0.25, -0.2) is 23.7 Å². The van der Waals surface area contributed by atoms with Gasteiger partial charge in [-0.2, -0.15) is 5.10 Å². The number of nitrogens with zero attached hydrogens (tertiary/aromatic N) is 4. The fourth-order valence-corrected chi connectivity index (χ4v) is 2.21. The van der Waals surface area contributed by atoms with Crippen LogP contribution in [-0.2, 0) is 22.5 Å². The fourth-order valence-electron chi connectivity index (χ4n) is 2.21. The molecule has 2 heterocycles. The number of allylic oxidation sites excluding steroid dienone is 1. The summed E-state index contributed by atoms with van der Waals surface area (Å²) >= 11 is 0. The second-order valence-electron chi connectivity index (χ2n) is 4.85. The lowest BCUT2D eigenvalue weighted by atomic mass is 10.3. The molecule has 0 N–H and O–H groups in total. The molecule has 0 aromatic carbocycles. The number of aryl methyl sites for hydroxylation is 2. The number of aromatic nitrogens is 4. The van der Waals surface area contributed by atoms with Crippen molar-refractivity contribution in [3.05, 3.63) is 40.4 Å². The van der Waals surface area contributed by atoms with Crippen LogP contribution in [0, 0.1) is 6.92 Å². The molecule has 0 aliphatic carbocycles. The van der Waals surface area contributed by atoms with Crippen molar-refractivity contribution in [2.45, 2.75) is 40.2 Å². The number of carbonyl (C=O) groups is 1. The van der Waals surface area contributed by atoms with E-state index in [4.69, 9.17) is 4.74 Å². The van der Waals surface area contributed by atoms with E-state index in [1.54, 1.807) is 23.6 Å². The minimum atomic E-state index is -0.429. The molecule has 7 heteroatoms. The second kappa shape index (κ2) is 7.02. The van der Waals surface area contributed by atoms with Crippen LogP contribution < -0.4 is 5.69 Å². The minimum absolute atomic E-state index is 0.205. The fraction of sp³-hybridized carbons (Fsp3) is 0.467. The van der Waals surface area contributed by atoms with E-state index < -0.39 is 5.97 Å². The number of hydrogen-bond acceptors (Lipinski definition) is 5. The number of rotatable bonds is 6. The molecule has 2 aromatic heterocycles. The Morgan fingerprint density at radius 2 is 2.18 bits per heavy atom. The van der Waals surface area contributed by atoms with E-state index in [1.807, 2.05) is 13.8 Å². The molecule has 7 nitrogen and oxygen atoms in total. The molecule has 0 aliphatic rings. The van der Waals surface area contributed by atoms with Gasteiger partial charge >= 0.3 is 11.7 Å². The normalized spacial score (nSPS) is 11.4. The van der Waals surface area contributed by atoms with E-state index in [9.17, 15) is 9.59 Å². The van der Waals surface area contributed by atoms with Gasteiger partial charge in [0.25, 0.3) is 0 Å².